The smallest absolute Gasteiger partial charge is 0.329 e. The van der Waals surface area contributed by atoms with Crippen molar-refractivity contribution in [1.29, 1.82) is 0 Å². The van der Waals surface area contributed by atoms with Crippen molar-refractivity contribution in [3.8, 4) is 5.75 Å². The molecule has 3 amide bonds. The second-order valence-corrected chi connectivity index (χ2v) is 4.65. The minimum Gasteiger partial charge on any atom is -0.484 e. The number of benzene rings is 1. The fourth-order valence-electron chi connectivity index (χ4n) is 1.35. The Bertz CT molecular complexity index is 567. The van der Waals surface area contributed by atoms with Gasteiger partial charge in [0.25, 0.3) is 5.91 Å². The van der Waals surface area contributed by atoms with Crippen molar-refractivity contribution < 1.29 is 19.1 Å². The highest BCUT2D eigenvalue weighted by atomic mass is 16.5. The molecule has 118 valence electrons. The van der Waals surface area contributed by atoms with E-state index >= 15 is 0 Å². The van der Waals surface area contributed by atoms with Crippen LogP contribution in [-0.4, -0.2) is 36.6 Å². The van der Waals surface area contributed by atoms with E-state index in [1.807, 2.05) is 0 Å². The highest BCUT2D eigenvalue weighted by Gasteiger charge is 2.12. The van der Waals surface area contributed by atoms with E-state index in [1.165, 1.54) is 6.21 Å². The van der Waals surface area contributed by atoms with Crippen LogP contribution < -0.4 is 21.2 Å². The number of nitrogens with zero attached hydrogens (tertiary/aromatic N) is 1. The largest absolute Gasteiger partial charge is 0.484 e. The highest BCUT2D eigenvalue weighted by molar-refractivity contribution is 6.35. The second kappa shape index (κ2) is 8.40. The minimum atomic E-state index is -0.841. The molecule has 1 aromatic rings. The van der Waals surface area contributed by atoms with E-state index in [0.29, 0.717) is 11.3 Å². The lowest BCUT2D eigenvalue weighted by Crippen LogP contribution is -2.41. The predicted molar refractivity (Wildman–Crippen MR) is 80.1 cm³/mol. The molecule has 4 N–H and O–H groups in total. The number of hydrogen-bond donors (Lipinski definition) is 3. The third-order valence-electron chi connectivity index (χ3n) is 2.27. The van der Waals surface area contributed by atoms with Crippen molar-refractivity contribution in [1.82, 2.24) is 10.7 Å². The average Bonchev–Trinajstić information content (AvgIpc) is 2.45. The normalized spacial score (nSPS) is 10.5. The van der Waals surface area contributed by atoms with Gasteiger partial charge in [0.1, 0.15) is 5.75 Å². The van der Waals surface area contributed by atoms with Crippen LogP contribution in [0.25, 0.3) is 0 Å². The van der Waals surface area contributed by atoms with Crippen molar-refractivity contribution in [3.05, 3.63) is 29.8 Å². The van der Waals surface area contributed by atoms with E-state index in [2.05, 4.69) is 15.8 Å². The molecule has 1 rings (SSSR count). The Morgan fingerprint density at radius 1 is 1.23 bits per heavy atom. The standard InChI is InChI=1S/C14H18N4O4/c1-9(2)17-13(20)14(21)18-16-7-10-3-5-11(6-4-10)22-8-12(15)19/h3-7,9H,8H2,1-2H3,(H2,15,19)(H,17,20)(H,18,21)/b16-7-. The zero-order valence-electron chi connectivity index (χ0n) is 12.3. The van der Waals surface area contributed by atoms with Gasteiger partial charge in [0.15, 0.2) is 6.61 Å². The number of primary amides is 1. The first-order valence-corrected chi connectivity index (χ1v) is 6.53. The summed E-state index contributed by atoms with van der Waals surface area (Å²) in [6.07, 6.45) is 1.37. The molecule has 0 unspecified atom stereocenters. The molecule has 0 bridgehead atoms. The highest BCUT2D eigenvalue weighted by Crippen LogP contribution is 2.10. The van der Waals surface area contributed by atoms with Crippen LogP contribution in [-0.2, 0) is 14.4 Å². The Morgan fingerprint density at radius 2 is 1.86 bits per heavy atom. The number of rotatable bonds is 6. The molecule has 0 spiro atoms. The number of hydrazone groups is 1. The number of carbonyl (C=O) groups is 3. The summed E-state index contributed by atoms with van der Waals surface area (Å²) in [6.45, 7) is 3.29. The first-order chi connectivity index (χ1) is 10.4. The van der Waals surface area contributed by atoms with Crippen molar-refractivity contribution in [2.45, 2.75) is 19.9 Å². The summed E-state index contributed by atoms with van der Waals surface area (Å²) in [6, 6.07) is 6.45. The summed E-state index contributed by atoms with van der Waals surface area (Å²) in [5.74, 6) is -1.67. The molecule has 22 heavy (non-hydrogen) atoms. The van der Waals surface area contributed by atoms with Crippen LogP contribution in [0, 0.1) is 0 Å². The summed E-state index contributed by atoms with van der Waals surface area (Å²) in [4.78, 5) is 33.3. The lowest BCUT2D eigenvalue weighted by Gasteiger charge is -2.06. The molecule has 0 aliphatic carbocycles. The zero-order chi connectivity index (χ0) is 16.5. The molecular weight excluding hydrogens is 288 g/mol. The first kappa shape index (κ1) is 17.2. The zero-order valence-corrected chi connectivity index (χ0v) is 12.3. The average molecular weight is 306 g/mol. The topological polar surface area (TPSA) is 123 Å². The summed E-state index contributed by atoms with van der Waals surface area (Å²) < 4.78 is 5.09. The van der Waals surface area contributed by atoms with Gasteiger partial charge in [-0.15, -0.1) is 0 Å². The molecule has 0 atom stereocenters. The summed E-state index contributed by atoms with van der Waals surface area (Å²) in [5.41, 5.74) is 7.75. The van der Waals surface area contributed by atoms with Crippen molar-refractivity contribution in [2.75, 3.05) is 6.61 Å². The molecule has 0 radical (unpaired) electrons. The van der Waals surface area contributed by atoms with Gasteiger partial charge in [0, 0.05) is 6.04 Å². The molecule has 8 nitrogen and oxygen atoms in total. The Morgan fingerprint density at radius 3 is 2.41 bits per heavy atom. The fraction of sp³-hybridized carbons (Fsp3) is 0.286. The molecule has 0 aliphatic heterocycles. The molecule has 8 heteroatoms. The number of nitrogens with one attached hydrogen (secondary N) is 2. The molecule has 0 heterocycles. The van der Waals surface area contributed by atoms with Crippen LogP contribution >= 0.6 is 0 Å². The molecule has 0 aliphatic rings. The van der Waals surface area contributed by atoms with Gasteiger partial charge in [-0.05, 0) is 43.7 Å². The lowest BCUT2D eigenvalue weighted by atomic mass is 10.2. The van der Waals surface area contributed by atoms with Gasteiger partial charge in [0.05, 0.1) is 6.21 Å². The maximum absolute atomic E-state index is 11.4. The Labute approximate surface area is 127 Å². The lowest BCUT2D eigenvalue weighted by molar-refractivity contribution is -0.139. The first-order valence-electron chi connectivity index (χ1n) is 6.53. The van der Waals surface area contributed by atoms with E-state index in [4.69, 9.17) is 10.5 Å². The van der Waals surface area contributed by atoms with Gasteiger partial charge in [0.2, 0.25) is 0 Å². The van der Waals surface area contributed by atoms with Crippen molar-refractivity contribution in [2.24, 2.45) is 10.8 Å². The third kappa shape index (κ3) is 6.51. The molecule has 0 aromatic heterocycles. The van der Waals surface area contributed by atoms with Gasteiger partial charge >= 0.3 is 11.8 Å². The number of nitrogens with two attached hydrogens (primary N) is 1. The minimum absolute atomic E-state index is 0.129. The Kier molecular flexibility index (Phi) is 6.55. The van der Waals surface area contributed by atoms with Gasteiger partial charge in [-0.25, -0.2) is 5.43 Å². The third-order valence-corrected chi connectivity index (χ3v) is 2.27. The summed E-state index contributed by atoms with van der Waals surface area (Å²) >= 11 is 0. The number of carbonyl (C=O) groups excluding carboxylic acids is 3. The predicted octanol–water partition coefficient (Wildman–Crippen LogP) is -0.475. The maximum atomic E-state index is 11.4. The van der Waals surface area contributed by atoms with E-state index in [9.17, 15) is 14.4 Å². The Hall–Kier alpha value is -2.90. The van der Waals surface area contributed by atoms with Crippen molar-refractivity contribution in [3.63, 3.8) is 0 Å². The van der Waals surface area contributed by atoms with Gasteiger partial charge < -0.3 is 15.8 Å². The van der Waals surface area contributed by atoms with Gasteiger partial charge in [-0.3, -0.25) is 14.4 Å². The summed E-state index contributed by atoms with van der Waals surface area (Å²) in [7, 11) is 0. The molecule has 0 saturated carbocycles. The molecular formula is C14H18N4O4. The summed E-state index contributed by atoms with van der Waals surface area (Å²) in [5, 5.41) is 6.12. The molecule has 0 fully saturated rings. The van der Waals surface area contributed by atoms with Crippen LogP contribution in [0.4, 0.5) is 0 Å². The van der Waals surface area contributed by atoms with E-state index < -0.39 is 17.7 Å². The van der Waals surface area contributed by atoms with Gasteiger partial charge in [-0.2, -0.15) is 5.10 Å². The van der Waals surface area contributed by atoms with E-state index in [0.717, 1.165) is 0 Å². The maximum Gasteiger partial charge on any atom is 0.329 e. The SMILES string of the molecule is CC(C)NC(=O)C(=O)N/N=C\c1ccc(OCC(N)=O)cc1. The monoisotopic (exact) mass is 306 g/mol. The van der Waals surface area contributed by atoms with Gasteiger partial charge in [-0.1, -0.05) is 0 Å². The van der Waals surface area contributed by atoms with Crippen molar-refractivity contribution >= 4 is 23.9 Å². The van der Waals surface area contributed by atoms with Crippen LogP contribution in [0.2, 0.25) is 0 Å². The van der Waals surface area contributed by atoms with Crippen LogP contribution in [0.1, 0.15) is 19.4 Å². The van der Waals surface area contributed by atoms with E-state index in [1.54, 1.807) is 38.1 Å². The van der Waals surface area contributed by atoms with Crippen LogP contribution in [0.3, 0.4) is 0 Å². The molecule has 1 aromatic carbocycles. The molecule has 0 saturated heterocycles. The number of ether oxygens (including phenoxy) is 1. The van der Waals surface area contributed by atoms with Crippen LogP contribution in [0.5, 0.6) is 5.75 Å². The number of hydrogen-bond acceptors (Lipinski definition) is 5. The number of amides is 3. The van der Waals surface area contributed by atoms with E-state index in [-0.39, 0.29) is 12.6 Å². The van der Waals surface area contributed by atoms with Crippen LogP contribution in [0.15, 0.2) is 29.4 Å². The second-order valence-electron chi connectivity index (χ2n) is 4.65. The quantitative estimate of drug-likeness (QED) is 0.373. The Balaban J connectivity index is 2.48. The fourth-order valence-corrected chi connectivity index (χ4v) is 1.35.